The molecule has 1 atom stereocenters. The fourth-order valence-electron chi connectivity index (χ4n) is 5.15. The van der Waals surface area contributed by atoms with E-state index in [0.717, 1.165) is 10.0 Å². The minimum Gasteiger partial charge on any atom is -0.444 e. The van der Waals surface area contributed by atoms with Crippen LogP contribution in [0.5, 0.6) is 0 Å². The number of aromatic nitrogens is 3. The number of hydrogen-bond donors (Lipinski definition) is 1. The number of benzene rings is 2. The number of hydrogen-bond acceptors (Lipinski definition) is 5. The Bertz CT molecular complexity index is 1680. The number of halogens is 2. The maximum Gasteiger partial charge on any atom is 0.407 e. The van der Waals surface area contributed by atoms with Crippen LogP contribution in [0.15, 0.2) is 69.9 Å². The third-order valence-electron chi connectivity index (χ3n) is 7.08. The van der Waals surface area contributed by atoms with E-state index in [1.165, 1.54) is 4.52 Å². The van der Waals surface area contributed by atoms with Crippen LogP contribution >= 0.6 is 27.5 Å². The highest BCUT2D eigenvalue weighted by molar-refractivity contribution is 9.10. The van der Waals surface area contributed by atoms with E-state index >= 15 is 0 Å². The molecule has 9 nitrogen and oxygen atoms in total. The molecule has 4 rings (SSSR count). The van der Waals surface area contributed by atoms with Crippen molar-refractivity contribution in [2.24, 2.45) is 5.92 Å². The van der Waals surface area contributed by atoms with E-state index in [9.17, 15) is 14.4 Å². The molecule has 4 aromatic rings. The summed E-state index contributed by atoms with van der Waals surface area (Å²) in [5.41, 5.74) is 2.16. The number of nitrogens with zero attached hydrogens (tertiary/aromatic N) is 4. The molecule has 1 N–H and O–H groups in total. The van der Waals surface area contributed by atoms with Crippen LogP contribution < -0.4 is 11.0 Å². The average molecular weight is 685 g/mol. The Morgan fingerprint density at radius 3 is 2.36 bits per heavy atom. The van der Waals surface area contributed by atoms with Gasteiger partial charge in [0, 0.05) is 28.8 Å². The molecule has 0 aliphatic heterocycles. The molecule has 1 unspecified atom stereocenters. The van der Waals surface area contributed by atoms with Crippen LogP contribution in [0, 0.1) is 12.8 Å². The van der Waals surface area contributed by atoms with Crippen LogP contribution in [0.3, 0.4) is 0 Å². The fraction of sp³-hybridized carbons (Fsp3) is 0.394. The molecule has 0 radical (unpaired) electrons. The van der Waals surface area contributed by atoms with Gasteiger partial charge in [0.2, 0.25) is 0 Å². The summed E-state index contributed by atoms with van der Waals surface area (Å²) in [5, 5.41) is 7.59. The van der Waals surface area contributed by atoms with E-state index in [-0.39, 0.29) is 24.1 Å². The van der Waals surface area contributed by atoms with E-state index in [1.807, 2.05) is 62.4 Å². The van der Waals surface area contributed by atoms with Gasteiger partial charge >= 0.3 is 11.8 Å². The molecule has 0 aliphatic rings. The third-order valence-corrected chi connectivity index (χ3v) is 8.07. The summed E-state index contributed by atoms with van der Waals surface area (Å²) in [7, 11) is 0. The summed E-state index contributed by atoms with van der Waals surface area (Å²) >= 11 is 10.1. The zero-order chi connectivity index (χ0) is 32.2. The number of amides is 2. The minimum absolute atomic E-state index is 0.0973. The molecule has 0 saturated heterocycles. The molecule has 0 bridgehead atoms. The lowest BCUT2D eigenvalue weighted by Crippen LogP contribution is -2.43. The van der Waals surface area contributed by atoms with Gasteiger partial charge in [-0.3, -0.25) is 9.36 Å². The van der Waals surface area contributed by atoms with Crippen molar-refractivity contribution in [3.05, 3.63) is 103 Å². The number of ether oxygens (including phenoxy) is 1. The molecule has 0 fully saturated rings. The zero-order valence-electron chi connectivity index (χ0n) is 25.9. The predicted molar refractivity (Wildman–Crippen MR) is 176 cm³/mol. The van der Waals surface area contributed by atoms with Gasteiger partial charge in [-0.05, 0) is 75.9 Å². The number of alkyl carbamates (subject to hydrolysis) is 1. The van der Waals surface area contributed by atoms with Crippen LogP contribution in [0.2, 0.25) is 5.02 Å². The van der Waals surface area contributed by atoms with Gasteiger partial charge in [0.1, 0.15) is 5.60 Å². The molecule has 0 saturated carbocycles. The predicted octanol–water partition coefficient (Wildman–Crippen LogP) is 7.02. The van der Waals surface area contributed by atoms with Crippen LogP contribution in [-0.2, 0) is 11.3 Å². The highest BCUT2D eigenvalue weighted by Gasteiger charge is 2.32. The molecule has 2 heterocycles. The summed E-state index contributed by atoms with van der Waals surface area (Å²) < 4.78 is 9.23. The minimum atomic E-state index is -0.620. The van der Waals surface area contributed by atoms with Gasteiger partial charge in [0.05, 0.1) is 28.8 Å². The van der Waals surface area contributed by atoms with E-state index in [4.69, 9.17) is 16.3 Å². The molecule has 2 aromatic heterocycles. The maximum atomic E-state index is 14.2. The van der Waals surface area contributed by atoms with Crippen LogP contribution in [-0.4, -0.2) is 49.8 Å². The van der Waals surface area contributed by atoms with Gasteiger partial charge in [0.25, 0.3) is 5.91 Å². The summed E-state index contributed by atoms with van der Waals surface area (Å²) in [6.07, 6.45) is -0.0563. The van der Waals surface area contributed by atoms with Gasteiger partial charge in [-0.1, -0.05) is 71.7 Å². The SMILES string of the molecule is Cc1nn2c(=O)n(Cc3ccccc3)c(C(C(C)C)N(CCCNC(=O)OC(C)(C)C)C(=O)c3ccc(Br)cc3)cc2c1Cl. The lowest BCUT2D eigenvalue weighted by molar-refractivity contribution is 0.0520. The molecule has 0 spiro atoms. The van der Waals surface area contributed by atoms with Crippen LogP contribution in [0.4, 0.5) is 4.79 Å². The van der Waals surface area contributed by atoms with Gasteiger partial charge in [-0.2, -0.15) is 9.61 Å². The molecule has 11 heteroatoms. The molecule has 2 aromatic carbocycles. The number of carbonyl (C=O) groups excluding carboxylic acids is 2. The van der Waals surface area contributed by atoms with Crippen molar-refractivity contribution in [1.29, 1.82) is 0 Å². The van der Waals surface area contributed by atoms with Crippen molar-refractivity contribution in [3.63, 3.8) is 0 Å². The second-order valence-electron chi connectivity index (χ2n) is 12.1. The van der Waals surface area contributed by atoms with Crippen molar-refractivity contribution in [2.75, 3.05) is 13.1 Å². The number of aryl methyl sites for hydroxylation is 1. The smallest absolute Gasteiger partial charge is 0.407 e. The Hall–Kier alpha value is -3.63. The Morgan fingerprint density at radius 1 is 1.09 bits per heavy atom. The Labute approximate surface area is 271 Å². The van der Waals surface area contributed by atoms with Gasteiger partial charge in [0.15, 0.2) is 0 Å². The van der Waals surface area contributed by atoms with Crippen LogP contribution in [0.1, 0.15) is 74.4 Å². The largest absolute Gasteiger partial charge is 0.444 e. The molecule has 234 valence electrons. The quantitative estimate of drug-likeness (QED) is 0.181. The first-order valence-corrected chi connectivity index (χ1v) is 15.8. The monoisotopic (exact) mass is 683 g/mol. The summed E-state index contributed by atoms with van der Waals surface area (Å²) in [5.74, 6) is -0.289. The van der Waals surface area contributed by atoms with Crippen LogP contribution in [0.25, 0.3) is 5.52 Å². The fourth-order valence-corrected chi connectivity index (χ4v) is 5.59. The first-order chi connectivity index (χ1) is 20.8. The number of nitrogens with one attached hydrogen (secondary N) is 1. The van der Waals surface area contributed by atoms with Gasteiger partial charge in [-0.15, -0.1) is 0 Å². The third kappa shape index (κ3) is 7.90. The first-order valence-electron chi connectivity index (χ1n) is 14.6. The van der Waals surface area contributed by atoms with Crippen molar-refractivity contribution in [1.82, 2.24) is 24.4 Å². The van der Waals surface area contributed by atoms with Gasteiger partial charge in [-0.25, -0.2) is 9.59 Å². The Kier molecular flexibility index (Phi) is 10.6. The number of carbonyl (C=O) groups is 2. The molecule has 0 aliphatic carbocycles. The summed E-state index contributed by atoms with van der Waals surface area (Å²) in [6.45, 7) is 12.1. The zero-order valence-corrected chi connectivity index (χ0v) is 28.3. The summed E-state index contributed by atoms with van der Waals surface area (Å²) in [4.78, 5) is 42.4. The molecular formula is C33H39BrClN5O4. The van der Waals surface area contributed by atoms with E-state index in [0.29, 0.717) is 47.0 Å². The maximum absolute atomic E-state index is 14.2. The first kappa shape index (κ1) is 33.3. The molecule has 2 amide bonds. The van der Waals surface area contributed by atoms with Gasteiger partial charge < -0.3 is 15.0 Å². The van der Waals surface area contributed by atoms with Crippen molar-refractivity contribution < 1.29 is 14.3 Å². The van der Waals surface area contributed by atoms with E-state index < -0.39 is 17.7 Å². The number of fused-ring (bicyclic) bond motifs is 1. The van der Waals surface area contributed by atoms with E-state index in [2.05, 4.69) is 26.3 Å². The Balaban J connectivity index is 1.80. The van der Waals surface area contributed by atoms with Crippen molar-refractivity contribution >= 4 is 45.0 Å². The second-order valence-corrected chi connectivity index (χ2v) is 13.4. The number of rotatable bonds is 10. The normalized spacial score (nSPS) is 12.4. The van der Waals surface area contributed by atoms with E-state index in [1.54, 1.807) is 49.3 Å². The second kappa shape index (κ2) is 14.0. The van der Waals surface area contributed by atoms with Crippen molar-refractivity contribution in [2.45, 2.75) is 66.2 Å². The van der Waals surface area contributed by atoms with Crippen molar-refractivity contribution in [3.8, 4) is 0 Å². The Morgan fingerprint density at radius 2 is 1.75 bits per heavy atom. The lowest BCUT2D eigenvalue weighted by atomic mass is 9.96. The lowest BCUT2D eigenvalue weighted by Gasteiger charge is -2.36. The molecular weight excluding hydrogens is 646 g/mol. The molecule has 44 heavy (non-hydrogen) atoms. The highest BCUT2D eigenvalue weighted by atomic mass is 79.9. The summed E-state index contributed by atoms with van der Waals surface area (Å²) in [6, 6.07) is 18.2. The topological polar surface area (TPSA) is 97.9 Å². The standard InChI is InChI=1S/C33H39BrClN5O4/c1-21(2)29(27-19-26-28(35)22(3)37-40(26)32(43)39(27)20-23-11-8-7-9-12-23)38(30(41)24-13-15-25(34)16-14-24)18-10-17-36-31(42)44-33(4,5)6/h7-9,11-16,19,21,29H,10,17-18,20H2,1-6H3,(H,36,42). The average Bonchev–Trinajstić information content (AvgIpc) is 3.24. The highest BCUT2D eigenvalue weighted by Crippen LogP contribution is 2.33.